The lowest BCUT2D eigenvalue weighted by atomic mass is 10.0. The lowest BCUT2D eigenvalue weighted by molar-refractivity contribution is -0.145. The Hall–Kier alpha value is -2.74. The Kier molecular flexibility index (Phi) is 12.8. The molecule has 33 heavy (non-hydrogen) atoms. The van der Waals surface area contributed by atoms with Crippen molar-refractivity contribution in [3.63, 3.8) is 0 Å². The third-order valence-electron chi connectivity index (χ3n) is 4.87. The van der Waals surface area contributed by atoms with Gasteiger partial charge in [0, 0.05) is 30.8 Å². The van der Waals surface area contributed by atoms with Crippen LogP contribution in [0.1, 0.15) is 35.7 Å². The van der Waals surface area contributed by atoms with Crippen molar-refractivity contribution in [2.75, 3.05) is 59.8 Å². The number of nitrogens with zero attached hydrogens (tertiary/aromatic N) is 1. The molecule has 0 aliphatic carbocycles. The van der Waals surface area contributed by atoms with Gasteiger partial charge in [0.15, 0.2) is 5.78 Å². The van der Waals surface area contributed by atoms with E-state index in [-0.39, 0.29) is 18.4 Å². The van der Waals surface area contributed by atoms with Crippen molar-refractivity contribution in [1.82, 2.24) is 4.90 Å². The summed E-state index contributed by atoms with van der Waals surface area (Å²) in [4.78, 5) is 26.3. The van der Waals surface area contributed by atoms with Crippen LogP contribution >= 0.6 is 0 Å². The second-order valence-electron chi connectivity index (χ2n) is 7.50. The van der Waals surface area contributed by atoms with Crippen LogP contribution in [0, 0.1) is 0 Å². The topological polar surface area (TPSA) is 74.3 Å². The zero-order valence-electron chi connectivity index (χ0n) is 19.7. The lowest BCUT2D eigenvalue weighted by Gasteiger charge is -2.16. The number of carbonyl (C=O) groups is 2. The number of esters is 1. The standard InChI is InChI=1S/C26H35NO6/c1-3-30-18-19-31-20-21-33-25(28)14-16-27(2)15-7-17-32-24-12-10-23(11-13-24)26(29)22-8-5-4-6-9-22/h4-6,8-13H,3,7,14-21H2,1-2H3. The Morgan fingerprint density at radius 3 is 2.18 bits per heavy atom. The van der Waals surface area contributed by atoms with E-state index in [0.717, 1.165) is 18.7 Å². The van der Waals surface area contributed by atoms with E-state index >= 15 is 0 Å². The van der Waals surface area contributed by atoms with Gasteiger partial charge in [-0.3, -0.25) is 9.59 Å². The average Bonchev–Trinajstić information content (AvgIpc) is 2.85. The van der Waals surface area contributed by atoms with Crippen LogP contribution in [0.3, 0.4) is 0 Å². The number of ketones is 1. The summed E-state index contributed by atoms with van der Waals surface area (Å²) in [6, 6.07) is 16.4. The normalized spacial score (nSPS) is 10.9. The summed E-state index contributed by atoms with van der Waals surface area (Å²) in [7, 11) is 1.97. The monoisotopic (exact) mass is 457 g/mol. The van der Waals surface area contributed by atoms with E-state index < -0.39 is 0 Å². The molecule has 0 aromatic heterocycles. The molecule has 2 aromatic carbocycles. The zero-order chi connectivity index (χ0) is 23.7. The first kappa shape index (κ1) is 26.5. The summed E-state index contributed by atoms with van der Waals surface area (Å²) >= 11 is 0. The molecule has 0 bridgehead atoms. The van der Waals surface area contributed by atoms with E-state index in [0.29, 0.717) is 57.1 Å². The first-order valence-corrected chi connectivity index (χ1v) is 11.4. The van der Waals surface area contributed by atoms with Crippen molar-refractivity contribution in [2.24, 2.45) is 0 Å². The number of hydrogen-bond donors (Lipinski definition) is 0. The van der Waals surface area contributed by atoms with E-state index in [2.05, 4.69) is 4.90 Å². The molecule has 0 unspecified atom stereocenters. The first-order valence-electron chi connectivity index (χ1n) is 11.4. The van der Waals surface area contributed by atoms with Crippen LogP contribution in [-0.2, 0) is 19.0 Å². The van der Waals surface area contributed by atoms with Gasteiger partial charge in [-0.05, 0) is 44.7 Å². The van der Waals surface area contributed by atoms with Gasteiger partial charge in [-0.1, -0.05) is 30.3 Å². The molecule has 0 radical (unpaired) electrons. The Bertz CT molecular complexity index is 809. The number of rotatable bonds is 17. The summed E-state index contributed by atoms with van der Waals surface area (Å²) < 4.78 is 21.4. The van der Waals surface area contributed by atoms with Gasteiger partial charge < -0.3 is 23.8 Å². The Balaban J connectivity index is 1.53. The van der Waals surface area contributed by atoms with Crippen LogP contribution in [0.4, 0.5) is 0 Å². The average molecular weight is 458 g/mol. The molecule has 2 rings (SSSR count). The van der Waals surface area contributed by atoms with Crippen molar-refractivity contribution in [1.29, 1.82) is 0 Å². The fourth-order valence-electron chi connectivity index (χ4n) is 3.03. The molecule has 0 saturated carbocycles. The number of ether oxygens (including phenoxy) is 4. The molecule has 2 aromatic rings. The number of benzene rings is 2. The molecule has 7 nitrogen and oxygen atoms in total. The Labute approximate surface area is 196 Å². The van der Waals surface area contributed by atoms with Gasteiger partial charge in [0.05, 0.1) is 32.8 Å². The van der Waals surface area contributed by atoms with Gasteiger partial charge >= 0.3 is 5.97 Å². The van der Waals surface area contributed by atoms with Crippen LogP contribution in [0.5, 0.6) is 5.75 Å². The van der Waals surface area contributed by atoms with Gasteiger partial charge in [0.2, 0.25) is 0 Å². The van der Waals surface area contributed by atoms with E-state index in [1.807, 2.05) is 56.4 Å². The molecule has 0 N–H and O–H groups in total. The van der Waals surface area contributed by atoms with Crippen LogP contribution in [0.25, 0.3) is 0 Å². The van der Waals surface area contributed by atoms with Crippen molar-refractivity contribution in [3.05, 3.63) is 65.7 Å². The van der Waals surface area contributed by atoms with Gasteiger partial charge in [-0.15, -0.1) is 0 Å². The van der Waals surface area contributed by atoms with E-state index in [1.54, 1.807) is 12.1 Å². The third kappa shape index (κ3) is 11.1. The van der Waals surface area contributed by atoms with Crippen LogP contribution in [0.15, 0.2) is 54.6 Å². The van der Waals surface area contributed by atoms with E-state index in [9.17, 15) is 9.59 Å². The summed E-state index contributed by atoms with van der Waals surface area (Å²) in [5, 5.41) is 0. The van der Waals surface area contributed by atoms with Gasteiger partial charge in [0.25, 0.3) is 0 Å². The molecular weight excluding hydrogens is 422 g/mol. The molecule has 0 saturated heterocycles. The summed E-state index contributed by atoms with van der Waals surface area (Å²) in [5.41, 5.74) is 1.31. The highest BCUT2D eigenvalue weighted by Crippen LogP contribution is 2.15. The maximum atomic E-state index is 12.4. The molecule has 0 spiro atoms. The molecule has 0 amide bonds. The van der Waals surface area contributed by atoms with Crippen molar-refractivity contribution >= 4 is 11.8 Å². The molecule has 7 heteroatoms. The molecule has 0 heterocycles. The van der Waals surface area contributed by atoms with Crippen LogP contribution in [-0.4, -0.2) is 76.4 Å². The number of carbonyl (C=O) groups excluding carboxylic acids is 2. The van der Waals surface area contributed by atoms with Gasteiger partial charge in [0.1, 0.15) is 12.4 Å². The first-order chi connectivity index (χ1) is 16.1. The summed E-state index contributed by atoms with van der Waals surface area (Å²) in [6.07, 6.45) is 1.16. The van der Waals surface area contributed by atoms with Crippen molar-refractivity contribution < 1.29 is 28.5 Å². The molecular formula is C26H35NO6. The third-order valence-corrected chi connectivity index (χ3v) is 4.87. The highest BCUT2D eigenvalue weighted by molar-refractivity contribution is 6.08. The maximum Gasteiger partial charge on any atom is 0.307 e. The van der Waals surface area contributed by atoms with Gasteiger partial charge in [-0.2, -0.15) is 0 Å². The minimum Gasteiger partial charge on any atom is -0.494 e. The van der Waals surface area contributed by atoms with Crippen molar-refractivity contribution in [3.8, 4) is 5.75 Å². The maximum absolute atomic E-state index is 12.4. The predicted molar refractivity (Wildman–Crippen MR) is 127 cm³/mol. The minimum atomic E-state index is -0.225. The SMILES string of the molecule is CCOCCOCCOC(=O)CCN(C)CCCOc1ccc(C(=O)c2ccccc2)cc1. The van der Waals surface area contributed by atoms with Crippen LogP contribution in [0.2, 0.25) is 0 Å². The quantitative estimate of drug-likeness (QED) is 0.204. The molecule has 0 aliphatic rings. The molecule has 0 aliphatic heterocycles. The summed E-state index contributed by atoms with van der Waals surface area (Å²) in [6.45, 7) is 6.29. The van der Waals surface area contributed by atoms with E-state index in [4.69, 9.17) is 18.9 Å². The zero-order valence-corrected chi connectivity index (χ0v) is 19.7. The fourth-order valence-corrected chi connectivity index (χ4v) is 3.03. The second kappa shape index (κ2) is 16.0. The fraction of sp³-hybridized carbons (Fsp3) is 0.462. The predicted octanol–water partition coefficient (Wildman–Crippen LogP) is 3.60. The Morgan fingerprint density at radius 1 is 0.788 bits per heavy atom. The lowest BCUT2D eigenvalue weighted by Crippen LogP contribution is -2.25. The number of hydrogen-bond acceptors (Lipinski definition) is 7. The van der Waals surface area contributed by atoms with E-state index in [1.165, 1.54) is 0 Å². The summed E-state index contributed by atoms with van der Waals surface area (Å²) in [5.74, 6) is 0.502. The smallest absolute Gasteiger partial charge is 0.307 e. The highest BCUT2D eigenvalue weighted by atomic mass is 16.6. The van der Waals surface area contributed by atoms with Crippen molar-refractivity contribution in [2.45, 2.75) is 19.8 Å². The van der Waals surface area contributed by atoms with Crippen LogP contribution < -0.4 is 4.74 Å². The second-order valence-corrected chi connectivity index (χ2v) is 7.50. The molecule has 0 atom stereocenters. The highest BCUT2D eigenvalue weighted by Gasteiger charge is 2.09. The van der Waals surface area contributed by atoms with Gasteiger partial charge in [-0.25, -0.2) is 0 Å². The minimum absolute atomic E-state index is 0.00333. The molecule has 0 fully saturated rings. The molecule has 180 valence electrons. The Morgan fingerprint density at radius 2 is 1.45 bits per heavy atom. The largest absolute Gasteiger partial charge is 0.494 e.